The predicted molar refractivity (Wildman–Crippen MR) is 79.8 cm³/mol. The molecule has 1 unspecified atom stereocenters. The van der Waals surface area contributed by atoms with Gasteiger partial charge in [0, 0.05) is 30.1 Å². The lowest BCUT2D eigenvalue weighted by Crippen LogP contribution is -2.14. The maximum atomic E-state index is 6.13. The average molecular weight is 257 g/mol. The van der Waals surface area contributed by atoms with Crippen molar-refractivity contribution in [3.63, 3.8) is 0 Å². The fourth-order valence-electron chi connectivity index (χ4n) is 2.43. The van der Waals surface area contributed by atoms with Crippen molar-refractivity contribution in [2.75, 3.05) is 7.05 Å². The molecule has 3 N–H and O–H groups in total. The number of likely N-dealkylation sites (N-methyl/N-ethyl adjacent to an activating group) is 1. The van der Waals surface area contributed by atoms with E-state index in [4.69, 9.17) is 10.7 Å². The molecule has 3 rings (SSSR count). The first-order valence-electron chi connectivity index (χ1n) is 7.37. The van der Waals surface area contributed by atoms with Crippen LogP contribution in [0.3, 0.4) is 0 Å². The van der Waals surface area contributed by atoms with Gasteiger partial charge in [0.1, 0.15) is 0 Å². The van der Waals surface area contributed by atoms with Crippen molar-refractivity contribution in [1.82, 2.24) is 5.32 Å². The van der Waals surface area contributed by atoms with E-state index in [1.807, 2.05) is 7.05 Å². The number of rotatable bonds is 5. The molecule has 0 aromatic rings. The van der Waals surface area contributed by atoms with Crippen LogP contribution in [0.25, 0.3) is 0 Å². The van der Waals surface area contributed by atoms with Gasteiger partial charge >= 0.3 is 0 Å². The normalized spacial score (nSPS) is 28.3. The molecule has 3 aliphatic rings. The van der Waals surface area contributed by atoms with Crippen LogP contribution in [-0.4, -0.2) is 18.8 Å². The first-order valence-corrected chi connectivity index (χ1v) is 7.37. The zero-order chi connectivity index (χ0) is 13.2. The molecule has 0 bridgehead atoms. The van der Waals surface area contributed by atoms with Crippen LogP contribution in [0.15, 0.2) is 40.7 Å². The minimum atomic E-state index is 0.288. The topological polar surface area (TPSA) is 50.4 Å². The molecule has 102 valence electrons. The minimum absolute atomic E-state index is 0.288. The Morgan fingerprint density at radius 2 is 2.05 bits per heavy atom. The highest BCUT2D eigenvalue weighted by Gasteiger charge is 2.29. The van der Waals surface area contributed by atoms with Gasteiger partial charge in [-0.15, -0.1) is 0 Å². The highest BCUT2D eigenvalue weighted by Crippen LogP contribution is 2.36. The van der Waals surface area contributed by atoms with Crippen LogP contribution in [0, 0.1) is 11.8 Å². The molecule has 1 atom stereocenters. The van der Waals surface area contributed by atoms with Gasteiger partial charge in [-0.1, -0.05) is 12.2 Å². The Bertz CT molecular complexity index is 462. The standard InChI is InChI=1S/C16H23N3/c1-18-13-6-8-14(9-7-13)19-16(12-4-5-12)10-15(17)11-2-3-11/h6-8,10-12,14,18H,2-5,9,17H2,1H3. The lowest BCUT2D eigenvalue weighted by molar-refractivity contribution is 0.799. The monoisotopic (exact) mass is 257 g/mol. The minimum Gasteiger partial charge on any atom is -0.402 e. The second kappa shape index (κ2) is 5.24. The first-order chi connectivity index (χ1) is 9.26. The van der Waals surface area contributed by atoms with Crippen LogP contribution in [0.2, 0.25) is 0 Å². The van der Waals surface area contributed by atoms with Gasteiger partial charge in [-0.05, 0) is 50.2 Å². The number of allylic oxidation sites excluding steroid dienone is 3. The summed E-state index contributed by atoms with van der Waals surface area (Å²) in [5.74, 6) is 1.31. The molecule has 3 heteroatoms. The van der Waals surface area contributed by atoms with Crippen molar-refractivity contribution >= 4 is 5.71 Å². The third kappa shape index (κ3) is 3.28. The largest absolute Gasteiger partial charge is 0.402 e. The average Bonchev–Trinajstić information content (AvgIpc) is 3.31. The lowest BCUT2D eigenvalue weighted by atomic mass is 10.1. The summed E-state index contributed by atoms with van der Waals surface area (Å²) in [6.45, 7) is 0. The lowest BCUT2D eigenvalue weighted by Gasteiger charge is -2.14. The summed E-state index contributed by atoms with van der Waals surface area (Å²) in [6, 6.07) is 0.288. The molecular weight excluding hydrogens is 234 g/mol. The van der Waals surface area contributed by atoms with Gasteiger partial charge in [-0.25, -0.2) is 0 Å². The molecule has 0 amide bonds. The molecule has 0 heterocycles. The summed E-state index contributed by atoms with van der Waals surface area (Å²) in [7, 11) is 1.95. The Morgan fingerprint density at radius 1 is 1.32 bits per heavy atom. The number of aliphatic imine (C=N–C) groups is 1. The summed E-state index contributed by atoms with van der Waals surface area (Å²) in [4.78, 5) is 4.92. The van der Waals surface area contributed by atoms with Gasteiger partial charge < -0.3 is 11.1 Å². The van der Waals surface area contributed by atoms with Gasteiger partial charge in [-0.2, -0.15) is 0 Å². The fraction of sp³-hybridized carbons (Fsp3) is 0.562. The second-order valence-electron chi connectivity index (χ2n) is 5.82. The van der Waals surface area contributed by atoms with Gasteiger partial charge in [0.2, 0.25) is 0 Å². The number of hydrogen-bond acceptors (Lipinski definition) is 3. The number of nitrogens with one attached hydrogen (secondary N) is 1. The molecule has 3 aliphatic carbocycles. The fourth-order valence-corrected chi connectivity index (χ4v) is 2.43. The summed E-state index contributed by atoms with van der Waals surface area (Å²) in [6.07, 6.45) is 14.8. The summed E-state index contributed by atoms with van der Waals surface area (Å²) in [5.41, 5.74) is 9.61. The highest BCUT2D eigenvalue weighted by molar-refractivity contribution is 5.99. The second-order valence-corrected chi connectivity index (χ2v) is 5.82. The van der Waals surface area contributed by atoms with E-state index in [0.29, 0.717) is 11.8 Å². The third-order valence-electron chi connectivity index (χ3n) is 4.04. The van der Waals surface area contributed by atoms with E-state index < -0.39 is 0 Å². The van der Waals surface area contributed by atoms with Gasteiger partial charge in [0.15, 0.2) is 0 Å². The van der Waals surface area contributed by atoms with Crippen LogP contribution < -0.4 is 11.1 Å². The van der Waals surface area contributed by atoms with E-state index in [1.54, 1.807) is 0 Å². The van der Waals surface area contributed by atoms with Crippen molar-refractivity contribution in [2.24, 2.45) is 22.6 Å². The van der Waals surface area contributed by atoms with E-state index >= 15 is 0 Å². The Morgan fingerprint density at radius 3 is 2.58 bits per heavy atom. The molecule has 3 nitrogen and oxygen atoms in total. The molecule has 2 fully saturated rings. The van der Waals surface area contributed by atoms with Gasteiger partial charge in [-0.3, -0.25) is 4.99 Å². The molecule has 0 aromatic carbocycles. The van der Waals surface area contributed by atoms with Crippen molar-refractivity contribution < 1.29 is 0 Å². The van der Waals surface area contributed by atoms with Crippen LogP contribution in [-0.2, 0) is 0 Å². The van der Waals surface area contributed by atoms with Crippen molar-refractivity contribution in [3.05, 3.63) is 35.7 Å². The first kappa shape index (κ1) is 12.5. The summed E-state index contributed by atoms with van der Waals surface area (Å²) in [5, 5.41) is 3.16. The molecule has 0 radical (unpaired) electrons. The molecule has 2 saturated carbocycles. The Kier molecular flexibility index (Phi) is 3.45. The molecular formula is C16H23N3. The zero-order valence-corrected chi connectivity index (χ0v) is 11.6. The quantitative estimate of drug-likeness (QED) is 0.744. The summed E-state index contributed by atoms with van der Waals surface area (Å²) < 4.78 is 0. The Hall–Kier alpha value is -1.51. The van der Waals surface area contributed by atoms with E-state index in [1.165, 1.54) is 37.1 Å². The SMILES string of the molecule is CNC1=CCC(N=C(C=C(N)C2CC2)C2CC2)C=C1. The van der Waals surface area contributed by atoms with Crippen molar-refractivity contribution in [2.45, 2.75) is 38.1 Å². The smallest absolute Gasteiger partial charge is 0.0722 e. The molecule has 0 spiro atoms. The highest BCUT2D eigenvalue weighted by atomic mass is 14.8. The van der Waals surface area contributed by atoms with Crippen molar-refractivity contribution in [1.29, 1.82) is 0 Å². The Balaban J connectivity index is 1.70. The van der Waals surface area contributed by atoms with Crippen LogP contribution in [0.5, 0.6) is 0 Å². The molecule has 0 aliphatic heterocycles. The van der Waals surface area contributed by atoms with Crippen LogP contribution in [0.1, 0.15) is 32.1 Å². The van der Waals surface area contributed by atoms with E-state index in [-0.39, 0.29) is 6.04 Å². The predicted octanol–water partition coefficient (Wildman–Crippen LogP) is 2.52. The molecule has 0 aromatic heterocycles. The van der Waals surface area contributed by atoms with E-state index in [2.05, 4.69) is 29.6 Å². The maximum absolute atomic E-state index is 6.13. The number of nitrogens with zero attached hydrogens (tertiary/aromatic N) is 1. The van der Waals surface area contributed by atoms with Crippen LogP contribution >= 0.6 is 0 Å². The number of hydrogen-bond donors (Lipinski definition) is 2. The van der Waals surface area contributed by atoms with Gasteiger partial charge in [0.05, 0.1) is 6.04 Å². The van der Waals surface area contributed by atoms with Crippen LogP contribution in [0.4, 0.5) is 0 Å². The van der Waals surface area contributed by atoms with E-state index in [0.717, 1.165) is 12.1 Å². The summed E-state index contributed by atoms with van der Waals surface area (Å²) >= 11 is 0. The maximum Gasteiger partial charge on any atom is 0.0722 e. The Labute approximate surface area is 115 Å². The molecule has 0 saturated heterocycles. The third-order valence-corrected chi connectivity index (χ3v) is 4.04. The van der Waals surface area contributed by atoms with E-state index in [9.17, 15) is 0 Å². The number of nitrogens with two attached hydrogens (primary N) is 1. The van der Waals surface area contributed by atoms with Gasteiger partial charge in [0.25, 0.3) is 0 Å². The zero-order valence-electron chi connectivity index (χ0n) is 11.6. The molecule has 19 heavy (non-hydrogen) atoms. The van der Waals surface area contributed by atoms with Crippen molar-refractivity contribution in [3.8, 4) is 0 Å².